The molecule has 2 aromatic carbocycles. The van der Waals surface area contributed by atoms with E-state index >= 15 is 0 Å². The number of nitrogens with one attached hydrogen (secondary N) is 1. The molecule has 7 heteroatoms. The zero-order valence-corrected chi connectivity index (χ0v) is 21.3. The maximum absolute atomic E-state index is 13.7. The van der Waals surface area contributed by atoms with Gasteiger partial charge in [0.05, 0.1) is 35.4 Å². The fourth-order valence-corrected chi connectivity index (χ4v) is 4.74. The van der Waals surface area contributed by atoms with Crippen LogP contribution in [0.1, 0.15) is 39.2 Å². The zero-order chi connectivity index (χ0) is 26.5. The van der Waals surface area contributed by atoms with Gasteiger partial charge >= 0.3 is 0 Å². The normalized spacial score (nSPS) is 22.4. The Morgan fingerprint density at radius 2 is 1.68 bits per heavy atom. The Bertz CT molecular complexity index is 1270. The molecule has 2 aliphatic heterocycles. The van der Waals surface area contributed by atoms with Gasteiger partial charge in [0.25, 0.3) is 5.91 Å². The van der Waals surface area contributed by atoms with Gasteiger partial charge in [-0.25, -0.2) is 9.91 Å². The van der Waals surface area contributed by atoms with Crippen molar-refractivity contribution < 1.29 is 14.7 Å². The SMILES string of the molecule is CC(C)=CCCC=C(C)C(O)C1C=CC2C(=O)N(c3ccccc3)C(=O)C2N1Nc1ccc(C#N)cc1. The molecule has 4 rings (SSSR count). The van der Waals surface area contributed by atoms with E-state index < -0.39 is 24.1 Å². The molecule has 190 valence electrons. The minimum Gasteiger partial charge on any atom is -0.387 e. The van der Waals surface area contributed by atoms with Crippen LogP contribution in [0.25, 0.3) is 0 Å². The number of benzene rings is 2. The molecule has 37 heavy (non-hydrogen) atoms. The molecule has 7 nitrogen and oxygen atoms in total. The minimum absolute atomic E-state index is 0.300. The molecule has 2 amide bonds. The lowest BCUT2D eigenvalue weighted by Crippen LogP contribution is -2.57. The van der Waals surface area contributed by atoms with Crippen LogP contribution in [0.3, 0.4) is 0 Å². The van der Waals surface area contributed by atoms with Crippen LogP contribution >= 0.6 is 0 Å². The number of para-hydroxylation sites is 1. The van der Waals surface area contributed by atoms with Gasteiger partial charge in [0.2, 0.25) is 5.91 Å². The molecule has 1 fully saturated rings. The molecule has 4 unspecified atom stereocenters. The van der Waals surface area contributed by atoms with Crippen LogP contribution < -0.4 is 10.3 Å². The Hall–Kier alpha value is -3.99. The van der Waals surface area contributed by atoms with Gasteiger partial charge < -0.3 is 10.5 Å². The summed E-state index contributed by atoms with van der Waals surface area (Å²) in [5.74, 6) is -1.34. The van der Waals surface area contributed by atoms with Crippen molar-refractivity contribution in [3.8, 4) is 6.07 Å². The minimum atomic E-state index is -0.900. The number of carbonyl (C=O) groups excluding carboxylic acids is 2. The van der Waals surface area contributed by atoms with Crippen LogP contribution in [0, 0.1) is 17.2 Å². The number of carbonyl (C=O) groups is 2. The quantitative estimate of drug-likeness (QED) is 0.311. The number of aliphatic hydroxyl groups is 1. The van der Waals surface area contributed by atoms with Gasteiger partial charge in [-0.05, 0) is 75.6 Å². The number of fused-ring (bicyclic) bond motifs is 1. The lowest BCUT2D eigenvalue weighted by molar-refractivity contribution is -0.123. The van der Waals surface area contributed by atoms with E-state index in [1.165, 1.54) is 10.5 Å². The highest BCUT2D eigenvalue weighted by molar-refractivity contribution is 6.24. The fourth-order valence-electron chi connectivity index (χ4n) is 4.74. The maximum atomic E-state index is 13.7. The van der Waals surface area contributed by atoms with Crippen molar-refractivity contribution in [2.24, 2.45) is 5.92 Å². The van der Waals surface area contributed by atoms with Gasteiger partial charge in [-0.3, -0.25) is 9.59 Å². The fraction of sp³-hybridized carbons (Fsp3) is 0.300. The zero-order valence-electron chi connectivity index (χ0n) is 21.3. The molecule has 0 spiro atoms. The highest BCUT2D eigenvalue weighted by Crippen LogP contribution is 2.36. The van der Waals surface area contributed by atoms with E-state index in [0.29, 0.717) is 16.9 Å². The van der Waals surface area contributed by atoms with Gasteiger partial charge in [-0.1, -0.05) is 48.1 Å². The Morgan fingerprint density at radius 1 is 1.00 bits per heavy atom. The molecule has 0 aliphatic carbocycles. The van der Waals surface area contributed by atoms with E-state index in [1.807, 2.05) is 19.1 Å². The summed E-state index contributed by atoms with van der Waals surface area (Å²) >= 11 is 0. The number of rotatable bonds is 8. The summed E-state index contributed by atoms with van der Waals surface area (Å²) in [5, 5.41) is 22.2. The van der Waals surface area contributed by atoms with Gasteiger partial charge in [-0.2, -0.15) is 5.26 Å². The van der Waals surface area contributed by atoms with E-state index in [0.717, 1.165) is 18.4 Å². The van der Waals surface area contributed by atoms with Crippen molar-refractivity contribution in [1.29, 1.82) is 5.26 Å². The number of hydrogen-bond acceptors (Lipinski definition) is 6. The summed E-state index contributed by atoms with van der Waals surface area (Å²) in [4.78, 5) is 28.3. The maximum Gasteiger partial charge on any atom is 0.254 e. The van der Waals surface area contributed by atoms with Crippen LogP contribution in [0.15, 0.2) is 90.0 Å². The highest BCUT2D eigenvalue weighted by Gasteiger charge is 2.54. The third-order valence-electron chi connectivity index (χ3n) is 6.72. The highest BCUT2D eigenvalue weighted by atomic mass is 16.3. The first-order valence-electron chi connectivity index (χ1n) is 12.5. The smallest absolute Gasteiger partial charge is 0.254 e. The van der Waals surface area contributed by atoms with E-state index in [9.17, 15) is 14.7 Å². The van der Waals surface area contributed by atoms with Crippen LogP contribution in [-0.4, -0.2) is 40.1 Å². The monoisotopic (exact) mass is 496 g/mol. The van der Waals surface area contributed by atoms with E-state index in [4.69, 9.17) is 5.26 Å². The van der Waals surface area contributed by atoms with Gasteiger partial charge in [0, 0.05) is 5.69 Å². The Kier molecular flexibility index (Phi) is 8.02. The average molecular weight is 497 g/mol. The molecule has 1 saturated heterocycles. The van der Waals surface area contributed by atoms with Crippen LogP contribution in [0.2, 0.25) is 0 Å². The third-order valence-corrected chi connectivity index (χ3v) is 6.72. The van der Waals surface area contributed by atoms with Crippen LogP contribution in [0.4, 0.5) is 11.4 Å². The number of unbranched alkanes of at least 4 members (excludes halogenated alkanes) is 1. The molecule has 0 aromatic heterocycles. The molecule has 0 radical (unpaired) electrons. The second-order valence-electron chi connectivity index (χ2n) is 9.65. The third kappa shape index (κ3) is 5.56. The molecule has 0 bridgehead atoms. The van der Waals surface area contributed by atoms with Gasteiger partial charge in [0.15, 0.2) is 0 Å². The first-order chi connectivity index (χ1) is 17.8. The molecule has 2 heterocycles. The number of hydrazine groups is 1. The van der Waals surface area contributed by atoms with Crippen molar-refractivity contribution >= 4 is 23.2 Å². The molecular formula is C30H32N4O3. The van der Waals surface area contributed by atoms with Crippen molar-refractivity contribution in [2.75, 3.05) is 10.3 Å². The largest absolute Gasteiger partial charge is 0.387 e. The van der Waals surface area contributed by atoms with Crippen molar-refractivity contribution in [2.45, 2.75) is 51.8 Å². The Morgan fingerprint density at radius 3 is 2.32 bits per heavy atom. The molecule has 0 saturated carbocycles. The lowest BCUT2D eigenvalue weighted by Gasteiger charge is -2.41. The first kappa shape index (κ1) is 26.1. The first-order valence-corrected chi connectivity index (χ1v) is 12.5. The van der Waals surface area contributed by atoms with Crippen molar-refractivity contribution in [3.05, 3.63) is 95.6 Å². The van der Waals surface area contributed by atoms with Crippen LogP contribution in [0.5, 0.6) is 0 Å². The molecule has 4 atom stereocenters. The Labute approximate surface area is 218 Å². The van der Waals surface area contributed by atoms with Crippen molar-refractivity contribution in [1.82, 2.24) is 5.01 Å². The topological polar surface area (TPSA) is 96.7 Å². The average Bonchev–Trinajstić information content (AvgIpc) is 3.16. The summed E-state index contributed by atoms with van der Waals surface area (Å²) in [6.45, 7) is 5.99. The second-order valence-corrected chi connectivity index (χ2v) is 9.65. The predicted octanol–water partition coefficient (Wildman–Crippen LogP) is 4.74. The number of aliphatic hydroxyl groups excluding tert-OH is 1. The number of nitriles is 1. The number of amides is 2. The summed E-state index contributed by atoms with van der Waals surface area (Å²) in [7, 11) is 0. The van der Waals surface area contributed by atoms with Crippen molar-refractivity contribution in [3.63, 3.8) is 0 Å². The lowest BCUT2D eigenvalue weighted by atomic mass is 9.90. The molecule has 2 N–H and O–H groups in total. The molecule has 2 aromatic rings. The summed E-state index contributed by atoms with van der Waals surface area (Å²) in [6, 6.07) is 16.4. The summed E-state index contributed by atoms with van der Waals surface area (Å²) < 4.78 is 0. The van der Waals surface area contributed by atoms with Gasteiger partial charge in [-0.15, -0.1) is 0 Å². The molecular weight excluding hydrogens is 464 g/mol. The van der Waals surface area contributed by atoms with E-state index in [2.05, 4.69) is 31.4 Å². The number of hydrogen-bond donors (Lipinski definition) is 2. The number of imide groups is 1. The summed E-state index contributed by atoms with van der Waals surface area (Å²) in [5.41, 5.74) is 6.99. The number of nitrogens with zero attached hydrogens (tertiary/aromatic N) is 3. The van der Waals surface area contributed by atoms with E-state index in [-0.39, 0.29) is 11.8 Å². The summed E-state index contributed by atoms with van der Waals surface area (Å²) in [6.07, 6.45) is 8.49. The molecule has 2 aliphatic rings. The Balaban J connectivity index is 1.67. The number of anilines is 2. The second kappa shape index (κ2) is 11.4. The number of allylic oxidation sites excluding steroid dienone is 3. The predicted molar refractivity (Wildman–Crippen MR) is 144 cm³/mol. The van der Waals surface area contributed by atoms with Gasteiger partial charge in [0.1, 0.15) is 6.04 Å². The standard InChI is InChI=1S/C30H32N4O3/c1-20(2)9-7-8-10-21(3)28(35)26-18-17-25-27(34(26)32-23-15-13-22(19-31)14-16-23)30(37)33(29(25)36)24-11-5-4-6-12-24/h4-6,9-18,25-28,32,35H,7-8H2,1-3H3. The van der Waals surface area contributed by atoms with E-state index in [1.54, 1.807) is 65.7 Å². The van der Waals surface area contributed by atoms with Crippen LogP contribution in [-0.2, 0) is 9.59 Å².